The Morgan fingerprint density at radius 2 is 1.87 bits per heavy atom. The summed E-state index contributed by atoms with van der Waals surface area (Å²) in [7, 11) is -1.84. The fraction of sp³-hybridized carbons (Fsp3) is 0.409. The normalized spacial score (nSPS) is 11.2. The second-order valence-electron chi connectivity index (χ2n) is 7.09. The monoisotopic (exact) mass is 452 g/mol. The van der Waals surface area contributed by atoms with E-state index in [4.69, 9.17) is 16.3 Å². The topological polar surface area (TPSA) is 75.7 Å². The van der Waals surface area contributed by atoms with Gasteiger partial charge in [-0.2, -0.15) is 0 Å². The second kappa shape index (κ2) is 11.2. The van der Waals surface area contributed by atoms with Crippen molar-refractivity contribution in [3.63, 3.8) is 0 Å². The zero-order chi connectivity index (χ0) is 22.1. The van der Waals surface area contributed by atoms with Gasteiger partial charge >= 0.3 is 0 Å². The minimum absolute atomic E-state index is 0.0914. The van der Waals surface area contributed by atoms with Crippen LogP contribution >= 0.6 is 11.6 Å². The Hall–Kier alpha value is -2.25. The molecule has 2 aromatic carbocycles. The van der Waals surface area contributed by atoms with E-state index in [1.165, 1.54) is 4.31 Å². The maximum atomic E-state index is 12.2. The lowest BCUT2D eigenvalue weighted by Crippen LogP contribution is -2.32. The highest BCUT2D eigenvalue weighted by atomic mass is 35.5. The number of nitrogens with zero attached hydrogens (tertiary/aromatic N) is 1. The number of ether oxygens (including phenoxy) is 1. The minimum Gasteiger partial charge on any atom is -0.496 e. The average molecular weight is 453 g/mol. The Balaban J connectivity index is 1.81. The fourth-order valence-corrected chi connectivity index (χ4v) is 4.40. The molecule has 0 spiro atoms. The van der Waals surface area contributed by atoms with Gasteiger partial charge in [0.1, 0.15) is 5.75 Å². The van der Waals surface area contributed by atoms with E-state index < -0.39 is 10.0 Å². The molecular weight excluding hydrogens is 424 g/mol. The molecule has 0 unspecified atom stereocenters. The molecule has 2 rings (SSSR count). The van der Waals surface area contributed by atoms with Crippen molar-refractivity contribution < 1.29 is 17.9 Å². The molecule has 0 aliphatic carbocycles. The lowest BCUT2D eigenvalue weighted by Gasteiger charge is -2.24. The number of hydrogen-bond acceptors (Lipinski definition) is 4. The summed E-state index contributed by atoms with van der Waals surface area (Å²) in [6, 6.07) is 13.0. The number of carbonyl (C=O) groups is 1. The van der Waals surface area contributed by atoms with Crippen LogP contribution in [0.4, 0.5) is 5.69 Å². The van der Waals surface area contributed by atoms with Crippen molar-refractivity contribution in [2.24, 2.45) is 0 Å². The van der Waals surface area contributed by atoms with Crippen LogP contribution in [0.25, 0.3) is 0 Å². The van der Waals surface area contributed by atoms with E-state index >= 15 is 0 Å². The number of sulfonamides is 1. The van der Waals surface area contributed by atoms with Gasteiger partial charge in [-0.3, -0.25) is 9.10 Å². The summed E-state index contributed by atoms with van der Waals surface area (Å²) in [6.45, 7) is 2.55. The van der Waals surface area contributed by atoms with Crippen LogP contribution in [0.15, 0.2) is 42.5 Å². The number of methoxy groups -OCH3 is 1. The van der Waals surface area contributed by atoms with Crippen molar-refractivity contribution in [3.05, 3.63) is 58.6 Å². The number of amides is 1. The molecule has 30 heavy (non-hydrogen) atoms. The first-order valence-electron chi connectivity index (χ1n) is 9.85. The van der Waals surface area contributed by atoms with Gasteiger partial charge in [0.25, 0.3) is 0 Å². The van der Waals surface area contributed by atoms with Crippen LogP contribution in [0.5, 0.6) is 5.75 Å². The Bertz CT molecular complexity index is 963. The van der Waals surface area contributed by atoms with E-state index in [2.05, 4.69) is 5.32 Å². The molecule has 2 aromatic rings. The molecule has 0 saturated heterocycles. The highest BCUT2D eigenvalue weighted by Gasteiger charge is 2.20. The molecule has 0 aliphatic rings. The number of hydrogen-bond donors (Lipinski definition) is 1. The van der Waals surface area contributed by atoms with Crippen molar-refractivity contribution in [2.75, 3.05) is 30.8 Å². The van der Waals surface area contributed by atoms with Crippen LogP contribution < -0.4 is 14.4 Å². The Morgan fingerprint density at radius 1 is 1.13 bits per heavy atom. The van der Waals surface area contributed by atoms with Crippen molar-refractivity contribution in [2.45, 2.75) is 32.6 Å². The number of para-hydroxylation sites is 1. The van der Waals surface area contributed by atoms with E-state index in [1.807, 2.05) is 24.3 Å². The van der Waals surface area contributed by atoms with Gasteiger partial charge in [0.15, 0.2) is 0 Å². The lowest BCUT2D eigenvalue weighted by atomic mass is 10.1. The standard InChI is InChI=1S/C22H29ClN2O4S/c1-17-19(23)11-6-12-20(17)25(30(3,27)28)16-8-14-22(26)24-15-7-10-18-9-4-5-13-21(18)29-2/h4-6,9,11-13H,7-8,10,14-16H2,1-3H3,(H,24,26). The van der Waals surface area contributed by atoms with E-state index in [0.29, 0.717) is 29.2 Å². The zero-order valence-electron chi connectivity index (χ0n) is 17.7. The van der Waals surface area contributed by atoms with Crippen LogP contribution in [0.3, 0.4) is 0 Å². The van der Waals surface area contributed by atoms with Crippen LogP contribution in [0.2, 0.25) is 5.02 Å². The number of anilines is 1. The van der Waals surface area contributed by atoms with Crippen molar-refractivity contribution in [1.29, 1.82) is 0 Å². The summed E-state index contributed by atoms with van der Waals surface area (Å²) in [4.78, 5) is 12.1. The van der Waals surface area contributed by atoms with Crippen molar-refractivity contribution in [1.82, 2.24) is 5.32 Å². The fourth-order valence-electron chi connectivity index (χ4n) is 3.22. The SMILES string of the molecule is COc1ccccc1CCCNC(=O)CCCN(c1cccc(Cl)c1C)S(C)(=O)=O. The van der Waals surface area contributed by atoms with E-state index in [0.717, 1.165) is 30.4 Å². The van der Waals surface area contributed by atoms with Crippen molar-refractivity contribution >= 4 is 33.2 Å². The number of rotatable bonds is 11. The van der Waals surface area contributed by atoms with E-state index in [9.17, 15) is 13.2 Å². The molecule has 1 N–H and O–H groups in total. The van der Waals surface area contributed by atoms with Crippen LogP contribution in [-0.4, -0.2) is 40.8 Å². The molecule has 0 atom stereocenters. The Labute approximate surface area is 184 Å². The summed E-state index contributed by atoms with van der Waals surface area (Å²) >= 11 is 6.13. The molecule has 0 fully saturated rings. The van der Waals surface area contributed by atoms with Crippen molar-refractivity contribution in [3.8, 4) is 5.75 Å². The third kappa shape index (κ3) is 6.92. The van der Waals surface area contributed by atoms with Gasteiger partial charge in [-0.25, -0.2) is 8.42 Å². The number of aryl methyl sites for hydroxylation is 1. The molecule has 0 bridgehead atoms. The van der Waals surface area contributed by atoms with Gasteiger partial charge in [0, 0.05) is 24.5 Å². The Kier molecular flexibility index (Phi) is 8.99. The number of benzene rings is 2. The highest BCUT2D eigenvalue weighted by molar-refractivity contribution is 7.92. The molecule has 0 saturated carbocycles. The number of halogens is 1. The molecule has 0 aromatic heterocycles. The summed E-state index contributed by atoms with van der Waals surface area (Å²) in [5.74, 6) is 0.757. The van der Waals surface area contributed by atoms with Gasteiger partial charge in [0.2, 0.25) is 15.9 Å². The summed E-state index contributed by atoms with van der Waals surface area (Å²) in [5, 5.41) is 3.40. The van der Waals surface area contributed by atoms with Gasteiger partial charge in [-0.15, -0.1) is 0 Å². The average Bonchev–Trinajstić information content (AvgIpc) is 2.70. The lowest BCUT2D eigenvalue weighted by molar-refractivity contribution is -0.121. The summed E-state index contributed by atoms with van der Waals surface area (Å²) in [6.07, 6.45) is 3.42. The predicted octanol–water partition coefficient (Wildman–Crippen LogP) is 3.95. The smallest absolute Gasteiger partial charge is 0.232 e. The molecule has 0 heterocycles. The quantitative estimate of drug-likeness (QED) is 0.524. The maximum absolute atomic E-state index is 12.2. The van der Waals surface area contributed by atoms with Gasteiger partial charge in [-0.05, 0) is 55.5 Å². The van der Waals surface area contributed by atoms with Crippen LogP contribution in [0.1, 0.15) is 30.4 Å². The summed E-state index contributed by atoms with van der Waals surface area (Å²) < 4.78 is 31.1. The zero-order valence-corrected chi connectivity index (χ0v) is 19.2. The van der Waals surface area contributed by atoms with Crippen LogP contribution in [-0.2, 0) is 21.2 Å². The first kappa shape index (κ1) is 24.0. The number of carbonyl (C=O) groups excluding carboxylic acids is 1. The largest absolute Gasteiger partial charge is 0.496 e. The molecule has 8 heteroatoms. The molecule has 6 nitrogen and oxygen atoms in total. The van der Waals surface area contributed by atoms with Crippen LogP contribution in [0, 0.1) is 6.92 Å². The first-order chi connectivity index (χ1) is 14.2. The minimum atomic E-state index is -3.48. The number of nitrogens with one attached hydrogen (secondary N) is 1. The third-order valence-corrected chi connectivity index (χ3v) is 6.40. The molecular formula is C22H29ClN2O4S. The Morgan fingerprint density at radius 3 is 2.57 bits per heavy atom. The molecule has 164 valence electrons. The predicted molar refractivity (Wildman–Crippen MR) is 122 cm³/mol. The molecule has 0 radical (unpaired) electrons. The van der Waals surface area contributed by atoms with Gasteiger partial charge in [-0.1, -0.05) is 35.9 Å². The second-order valence-corrected chi connectivity index (χ2v) is 9.40. The maximum Gasteiger partial charge on any atom is 0.232 e. The molecule has 1 amide bonds. The molecule has 0 aliphatic heterocycles. The van der Waals surface area contributed by atoms with E-state index in [1.54, 1.807) is 32.2 Å². The van der Waals surface area contributed by atoms with Gasteiger partial charge < -0.3 is 10.1 Å². The van der Waals surface area contributed by atoms with Gasteiger partial charge in [0.05, 0.1) is 19.1 Å². The highest BCUT2D eigenvalue weighted by Crippen LogP contribution is 2.28. The third-order valence-electron chi connectivity index (χ3n) is 4.81. The summed E-state index contributed by atoms with van der Waals surface area (Å²) in [5.41, 5.74) is 2.35. The first-order valence-corrected chi connectivity index (χ1v) is 12.1. The van der Waals surface area contributed by atoms with E-state index in [-0.39, 0.29) is 18.9 Å².